The predicted molar refractivity (Wildman–Crippen MR) is 150 cm³/mol. The second kappa shape index (κ2) is 13.6. The van der Waals surface area contributed by atoms with Crippen molar-refractivity contribution in [2.75, 3.05) is 14.1 Å². The van der Waals surface area contributed by atoms with Gasteiger partial charge in [0.1, 0.15) is 17.8 Å². The molecule has 0 bridgehead atoms. The van der Waals surface area contributed by atoms with Crippen molar-refractivity contribution >= 4 is 5.97 Å². The van der Waals surface area contributed by atoms with Crippen LogP contribution in [0, 0.1) is 23.7 Å². The molecule has 0 aromatic carbocycles. The number of hydrogen-bond acceptors (Lipinski definition) is 11. The smallest absolute Gasteiger partial charge is 0.311 e. The summed E-state index contributed by atoms with van der Waals surface area (Å²) in [6.07, 6.45) is -6.34. The van der Waals surface area contributed by atoms with Crippen LogP contribution in [0.2, 0.25) is 0 Å². The van der Waals surface area contributed by atoms with E-state index < -0.39 is 77.8 Å². The van der Waals surface area contributed by atoms with E-state index >= 15 is 0 Å². The summed E-state index contributed by atoms with van der Waals surface area (Å²) in [7, 11) is 3.82. The van der Waals surface area contributed by atoms with Crippen LogP contribution in [0.4, 0.5) is 0 Å². The van der Waals surface area contributed by atoms with Crippen LogP contribution in [-0.4, -0.2) is 117 Å². The van der Waals surface area contributed by atoms with Gasteiger partial charge in [-0.1, -0.05) is 27.7 Å². The number of ether oxygens (including phenoxy) is 3. The minimum atomic E-state index is -1.80. The lowest BCUT2D eigenvalue weighted by Gasteiger charge is -2.47. The molecule has 0 amide bonds. The fraction of sp³-hybridized carbons (Fsp3) is 0.966. The zero-order chi connectivity index (χ0) is 30.9. The highest BCUT2D eigenvalue weighted by Gasteiger charge is 2.50. The fourth-order valence-electron chi connectivity index (χ4n) is 6.67. The van der Waals surface area contributed by atoms with E-state index in [2.05, 4.69) is 0 Å². The summed E-state index contributed by atoms with van der Waals surface area (Å²) in [4.78, 5) is 15.2. The van der Waals surface area contributed by atoms with Crippen molar-refractivity contribution in [3.8, 4) is 0 Å². The summed E-state index contributed by atoms with van der Waals surface area (Å²) >= 11 is 0. The standard InChI is InChI=1S/C29H56N2O9/c1-11-21-29(8,37)24(34)15(3)22(30)14(2)13-28(7,36)25(16(4)23(33)17(5)26(35)39-21)40-27-20(32)12-19(31(9)10)18(6)38-27/h14-25,27,32-34,36-37H,11-13,30H2,1-10H3/t14-,15+,16+,17-,18-,19-,20-,21-,22+,23+,24-,25-,27+,28-,29-/m1/s1. The van der Waals surface area contributed by atoms with Crippen molar-refractivity contribution in [3.63, 3.8) is 0 Å². The van der Waals surface area contributed by atoms with E-state index in [1.807, 2.05) is 32.8 Å². The molecule has 11 nitrogen and oxygen atoms in total. The number of cyclic esters (lactones) is 1. The van der Waals surface area contributed by atoms with Crippen LogP contribution < -0.4 is 5.73 Å². The molecule has 0 saturated carbocycles. The van der Waals surface area contributed by atoms with Crippen molar-refractivity contribution < 1.29 is 44.5 Å². The lowest BCUT2D eigenvalue weighted by molar-refractivity contribution is -0.298. The lowest BCUT2D eigenvalue weighted by atomic mass is 9.72. The third-order valence-electron chi connectivity index (χ3n) is 9.52. The molecule has 15 atom stereocenters. The third kappa shape index (κ3) is 7.54. The van der Waals surface area contributed by atoms with Crippen LogP contribution in [-0.2, 0) is 19.0 Å². The Morgan fingerprint density at radius 1 is 1.05 bits per heavy atom. The van der Waals surface area contributed by atoms with Crippen molar-refractivity contribution in [1.29, 1.82) is 0 Å². The van der Waals surface area contributed by atoms with Crippen LogP contribution in [0.1, 0.15) is 74.7 Å². The Kier molecular flexibility index (Phi) is 12.0. The highest BCUT2D eigenvalue weighted by molar-refractivity contribution is 5.73. The SMILES string of the molecule is CC[C@H]1OC(=O)[C@H](C)[C@@H](O)[C@H](C)[C@@H](O[C@@H]2O[C@H](C)[C@H](N(C)C)C[C@H]2O)[C@](C)(O)C[C@@H](C)[C@H](N)[C@H](C)[C@@H](O)[C@]1(C)O. The maximum absolute atomic E-state index is 13.2. The lowest BCUT2D eigenvalue weighted by Crippen LogP contribution is -2.60. The predicted octanol–water partition coefficient (Wildman–Crippen LogP) is 0.619. The molecule has 0 unspecified atom stereocenters. The van der Waals surface area contributed by atoms with E-state index in [0.717, 1.165) is 0 Å². The number of rotatable bonds is 4. The Bertz CT molecular complexity index is 825. The number of aliphatic hydroxyl groups is 5. The van der Waals surface area contributed by atoms with Gasteiger partial charge in [0, 0.05) is 23.9 Å². The quantitative estimate of drug-likeness (QED) is 0.259. The molecule has 0 aromatic heterocycles. The first kappa shape index (κ1) is 35.3. The van der Waals surface area contributed by atoms with Gasteiger partial charge in [0.15, 0.2) is 6.29 Å². The molecule has 0 spiro atoms. The maximum atomic E-state index is 13.2. The van der Waals surface area contributed by atoms with Gasteiger partial charge >= 0.3 is 5.97 Å². The van der Waals surface area contributed by atoms with Crippen molar-refractivity contribution in [3.05, 3.63) is 0 Å². The molecule has 2 aliphatic heterocycles. The van der Waals surface area contributed by atoms with Crippen molar-refractivity contribution in [1.82, 2.24) is 4.90 Å². The van der Waals surface area contributed by atoms with Crippen LogP contribution in [0.5, 0.6) is 0 Å². The summed E-state index contributed by atoms with van der Waals surface area (Å²) in [5.74, 6) is -3.58. The van der Waals surface area contributed by atoms with Gasteiger partial charge in [-0.05, 0) is 67.0 Å². The van der Waals surface area contributed by atoms with E-state index in [1.165, 1.54) is 13.8 Å². The van der Waals surface area contributed by atoms with Gasteiger partial charge in [-0.25, -0.2) is 0 Å². The molecular formula is C29H56N2O9. The number of esters is 1. The monoisotopic (exact) mass is 576 g/mol. The fourth-order valence-corrected chi connectivity index (χ4v) is 6.67. The third-order valence-corrected chi connectivity index (χ3v) is 9.52. The minimum absolute atomic E-state index is 0.0354. The second-order valence-electron chi connectivity index (χ2n) is 13.2. The summed E-state index contributed by atoms with van der Waals surface area (Å²) in [6, 6.07) is -0.687. The topological polar surface area (TPSA) is 175 Å². The first-order valence-electron chi connectivity index (χ1n) is 14.7. The molecule has 40 heavy (non-hydrogen) atoms. The molecule has 2 saturated heterocycles. The Hall–Kier alpha value is -0.890. The highest BCUT2D eigenvalue weighted by Crippen LogP contribution is 2.38. The van der Waals surface area contributed by atoms with E-state index in [-0.39, 0.29) is 30.9 Å². The normalized spacial score (nSPS) is 50.3. The summed E-state index contributed by atoms with van der Waals surface area (Å²) in [5, 5.41) is 56.6. The van der Waals surface area contributed by atoms with Gasteiger partial charge < -0.3 is 50.4 Å². The number of carbonyl (C=O) groups is 1. The second-order valence-corrected chi connectivity index (χ2v) is 13.2. The molecule has 2 fully saturated rings. The summed E-state index contributed by atoms with van der Waals surface area (Å²) < 4.78 is 18.0. The Morgan fingerprint density at radius 2 is 1.62 bits per heavy atom. The summed E-state index contributed by atoms with van der Waals surface area (Å²) in [6.45, 7) is 13.4. The first-order chi connectivity index (χ1) is 18.3. The zero-order valence-electron chi connectivity index (χ0n) is 26.0. The van der Waals surface area contributed by atoms with Crippen LogP contribution >= 0.6 is 0 Å². The molecule has 0 aliphatic carbocycles. The van der Waals surface area contributed by atoms with Gasteiger partial charge in [0.25, 0.3) is 0 Å². The number of carbonyl (C=O) groups excluding carboxylic acids is 1. The number of likely N-dealkylation sites (N-methyl/N-ethyl adjacent to an activating group) is 1. The van der Waals surface area contributed by atoms with Gasteiger partial charge in [-0.15, -0.1) is 0 Å². The molecule has 0 radical (unpaired) electrons. The van der Waals surface area contributed by atoms with Crippen LogP contribution in [0.25, 0.3) is 0 Å². The average molecular weight is 577 g/mol. The van der Waals surface area contributed by atoms with Gasteiger partial charge in [-0.2, -0.15) is 0 Å². The highest BCUT2D eigenvalue weighted by atomic mass is 16.7. The Morgan fingerprint density at radius 3 is 2.15 bits per heavy atom. The molecule has 2 aliphatic rings. The Labute approximate surface area is 240 Å². The van der Waals surface area contributed by atoms with E-state index in [9.17, 15) is 30.3 Å². The number of nitrogens with two attached hydrogens (primary N) is 1. The molecule has 2 heterocycles. The van der Waals surface area contributed by atoms with Crippen LogP contribution in [0.15, 0.2) is 0 Å². The maximum Gasteiger partial charge on any atom is 0.311 e. The van der Waals surface area contributed by atoms with Crippen LogP contribution in [0.3, 0.4) is 0 Å². The molecule has 11 heteroatoms. The largest absolute Gasteiger partial charge is 0.459 e. The first-order valence-corrected chi connectivity index (χ1v) is 14.7. The van der Waals surface area contributed by atoms with Crippen molar-refractivity contribution in [2.24, 2.45) is 29.4 Å². The Balaban J connectivity index is 2.50. The summed E-state index contributed by atoms with van der Waals surface area (Å²) in [5.41, 5.74) is 3.18. The minimum Gasteiger partial charge on any atom is -0.459 e. The average Bonchev–Trinajstić information content (AvgIpc) is 2.87. The van der Waals surface area contributed by atoms with Gasteiger partial charge in [0.2, 0.25) is 0 Å². The number of nitrogens with zero attached hydrogens (tertiary/aromatic N) is 1. The molecule has 0 aromatic rings. The van der Waals surface area contributed by atoms with Gasteiger partial charge in [-0.3, -0.25) is 4.79 Å². The van der Waals surface area contributed by atoms with E-state index in [4.69, 9.17) is 19.9 Å². The van der Waals surface area contributed by atoms with Gasteiger partial charge in [0.05, 0.1) is 35.9 Å². The van der Waals surface area contributed by atoms with Crippen molar-refractivity contribution in [2.45, 2.75) is 141 Å². The number of hydrogen-bond donors (Lipinski definition) is 6. The molecule has 7 N–H and O–H groups in total. The molecule has 236 valence electrons. The molecular weight excluding hydrogens is 520 g/mol. The van der Waals surface area contributed by atoms with E-state index in [1.54, 1.807) is 27.7 Å². The number of aliphatic hydroxyl groups excluding tert-OH is 3. The zero-order valence-corrected chi connectivity index (χ0v) is 26.0. The van der Waals surface area contributed by atoms with E-state index in [0.29, 0.717) is 6.42 Å². The molecule has 2 rings (SSSR count).